The first-order valence-electron chi connectivity index (χ1n) is 9.78. The van der Waals surface area contributed by atoms with Crippen LogP contribution in [0.5, 0.6) is 5.75 Å². The summed E-state index contributed by atoms with van der Waals surface area (Å²) in [5, 5.41) is 1.41. The average molecular weight is 430 g/mol. The van der Waals surface area contributed by atoms with Gasteiger partial charge in [-0.25, -0.2) is 4.98 Å². The molecule has 31 heavy (non-hydrogen) atoms. The number of para-hydroxylation sites is 2. The van der Waals surface area contributed by atoms with Gasteiger partial charge in [-0.05, 0) is 42.8 Å². The number of thiazole rings is 1. The second-order valence-electron chi connectivity index (χ2n) is 7.12. The molecule has 0 radical (unpaired) electrons. The average Bonchev–Trinajstić information content (AvgIpc) is 3.43. The summed E-state index contributed by atoms with van der Waals surface area (Å²) < 4.78 is 12.3. The number of hydrogen-bond acceptors (Lipinski definition) is 6. The summed E-state index contributed by atoms with van der Waals surface area (Å²) in [6, 6.07) is 19.0. The molecule has 6 nitrogen and oxygen atoms in total. The Hall–Kier alpha value is -3.71. The summed E-state index contributed by atoms with van der Waals surface area (Å²) in [4.78, 5) is 24.4. The summed E-state index contributed by atoms with van der Waals surface area (Å²) >= 11 is 1.48. The van der Waals surface area contributed by atoms with Crippen LogP contribution in [0.2, 0.25) is 0 Å². The zero-order valence-corrected chi connectivity index (χ0v) is 17.8. The molecule has 2 aromatic carbocycles. The molecule has 0 aliphatic heterocycles. The second-order valence-corrected chi connectivity index (χ2v) is 8.13. The van der Waals surface area contributed by atoms with Crippen LogP contribution in [0.25, 0.3) is 21.2 Å². The maximum absolute atomic E-state index is 13.6. The van der Waals surface area contributed by atoms with E-state index in [1.165, 1.54) is 11.3 Å². The zero-order valence-electron chi connectivity index (χ0n) is 17.0. The number of benzene rings is 2. The summed E-state index contributed by atoms with van der Waals surface area (Å²) in [5.74, 6) is 0.537. The molecule has 0 aliphatic carbocycles. The van der Waals surface area contributed by atoms with E-state index in [0.717, 1.165) is 26.9 Å². The number of pyridine rings is 1. The molecule has 0 unspecified atom stereocenters. The first kappa shape index (κ1) is 19.3. The van der Waals surface area contributed by atoms with E-state index in [9.17, 15) is 4.79 Å². The molecular formula is C24H19N3O3S. The Labute approximate surface area is 182 Å². The lowest BCUT2D eigenvalue weighted by Gasteiger charge is -2.18. The highest BCUT2D eigenvalue weighted by Gasteiger charge is 2.26. The van der Waals surface area contributed by atoms with E-state index in [2.05, 4.69) is 4.98 Å². The molecule has 0 saturated heterocycles. The van der Waals surface area contributed by atoms with Crippen molar-refractivity contribution < 1.29 is 13.9 Å². The van der Waals surface area contributed by atoms with Crippen molar-refractivity contribution in [2.24, 2.45) is 0 Å². The fourth-order valence-corrected chi connectivity index (χ4v) is 4.55. The van der Waals surface area contributed by atoms with Gasteiger partial charge in [0.1, 0.15) is 0 Å². The first-order chi connectivity index (χ1) is 15.1. The molecule has 0 fully saturated rings. The highest BCUT2D eigenvalue weighted by molar-refractivity contribution is 7.22. The number of aryl methyl sites for hydroxylation is 1. The Morgan fingerprint density at radius 2 is 2.00 bits per heavy atom. The number of fused-ring (bicyclic) bond motifs is 2. The van der Waals surface area contributed by atoms with E-state index >= 15 is 0 Å². The lowest BCUT2D eigenvalue weighted by atomic mass is 10.2. The monoisotopic (exact) mass is 429 g/mol. The van der Waals surface area contributed by atoms with Crippen LogP contribution < -0.4 is 9.64 Å². The maximum atomic E-state index is 13.6. The lowest BCUT2D eigenvalue weighted by Crippen LogP contribution is -2.30. The maximum Gasteiger partial charge on any atom is 0.296 e. The van der Waals surface area contributed by atoms with Crippen molar-refractivity contribution in [3.05, 3.63) is 83.9 Å². The van der Waals surface area contributed by atoms with Crippen LogP contribution in [0.4, 0.5) is 5.13 Å². The SMILES string of the molecule is COc1cccc2cc(C(=O)N(Cc3ccccn3)c3nc4c(C)cccc4s3)oc12. The highest BCUT2D eigenvalue weighted by Crippen LogP contribution is 2.34. The van der Waals surface area contributed by atoms with Crippen molar-refractivity contribution >= 4 is 43.6 Å². The second kappa shape index (κ2) is 7.85. The molecule has 0 bridgehead atoms. The predicted octanol–water partition coefficient (Wildman–Crippen LogP) is 5.60. The summed E-state index contributed by atoms with van der Waals surface area (Å²) in [6.45, 7) is 2.30. The standard InChI is InChI=1S/C24H19N3O3S/c1-15-7-5-11-20-21(15)26-24(31-20)27(14-17-9-3-4-12-25-17)23(28)19-13-16-8-6-10-18(29-2)22(16)30-19/h3-13H,14H2,1-2H3. The van der Waals surface area contributed by atoms with Gasteiger partial charge in [-0.1, -0.05) is 41.7 Å². The van der Waals surface area contributed by atoms with Crippen LogP contribution in [-0.2, 0) is 6.54 Å². The Morgan fingerprint density at radius 3 is 2.77 bits per heavy atom. The smallest absolute Gasteiger partial charge is 0.296 e. The molecule has 0 N–H and O–H groups in total. The molecule has 1 amide bonds. The van der Waals surface area contributed by atoms with Gasteiger partial charge in [-0.15, -0.1) is 0 Å². The van der Waals surface area contributed by atoms with E-state index in [4.69, 9.17) is 14.1 Å². The Morgan fingerprint density at radius 1 is 1.13 bits per heavy atom. The molecular weight excluding hydrogens is 410 g/mol. The molecule has 5 rings (SSSR count). The Kier molecular flexibility index (Phi) is 4.88. The number of hydrogen-bond donors (Lipinski definition) is 0. The van der Waals surface area contributed by atoms with E-state index in [1.54, 1.807) is 24.3 Å². The topological polar surface area (TPSA) is 68.5 Å². The molecule has 0 spiro atoms. The van der Waals surface area contributed by atoms with Crippen molar-refractivity contribution in [1.29, 1.82) is 0 Å². The van der Waals surface area contributed by atoms with E-state index in [1.807, 2.05) is 61.5 Å². The van der Waals surface area contributed by atoms with Gasteiger partial charge in [-0.3, -0.25) is 14.7 Å². The van der Waals surface area contributed by atoms with Gasteiger partial charge in [0.15, 0.2) is 22.2 Å². The van der Waals surface area contributed by atoms with Crippen LogP contribution in [-0.4, -0.2) is 23.0 Å². The molecule has 0 atom stereocenters. The number of nitrogens with zero attached hydrogens (tertiary/aromatic N) is 3. The minimum absolute atomic E-state index is 0.228. The Bertz CT molecular complexity index is 1390. The summed E-state index contributed by atoms with van der Waals surface area (Å²) in [5.41, 5.74) is 3.28. The van der Waals surface area contributed by atoms with Crippen molar-refractivity contribution in [1.82, 2.24) is 9.97 Å². The van der Waals surface area contributed by atoms with Crippen LogP contribution in [0.15, 0.2) is 71.3 Å². The third-order valence-electron chi connectivity index (χ3n) is 5.07. The lowest BCUT2D eigenvalue weighted by molar-refractivity contribution is 0.0960. The van der Waals surface area contributed by atoms with Crippen LogP contribution in [0, 0.1) is 6.92 Å². The summed E-state index contributed by atoms with van der Waals surface area (Å²) in [7, 11) is 1.58. The van der Waals surface area contributed by atoms with Gasteiger partial charge >= 0.3 is 0 Å². The number of anilines is 1. The molecule has 3 heterocycles. The number of furan rings is 1. The summed E-state index contributed by atoms with van der Waals surface area (Å²) in [6.07, 6.45) is 1.71. The van der Waals surface area contributed by atoms with Crippen molar-refractivity contribution in [3.8, 4) is 5.75 Å². The fraction of sp³-hybridized carbons (Fsp3) is 0.125. The number of ether oxygens (including phenoxy) is 1. The minimum Gasteiger partial charge on any atom is -0.493 e. The zero-order chi connectivity index (χ0) is 21.4. The van der Waals surface area contributed by atoms with Crippen LogP contribution >= 0.6 is 11.3 Å². The van der Waals surface area contributed by atoms with Crippen molar-refractivity contribution in [3.63, 3.8) is 0 Å². The number of carbonyl (C=O) groups is 1. The highest BCUT2D eigenvalue weighted by atomic mass is 32.1. The van der Waals surface area contributed by atoms with Gasteiger partial charge in [0.25, 0.3) is 5.91 Å². The largest absolute Gasteiger partial charge is 0.493 e. The van der Waals surface area contributed by atoms with E-state index in [-0.39, 0.29) is 18.2 Å². The number of aromatic nitrogens is 2. The Balaban J connectivity index is 1.61. The van der Waals surface area contributed by atoms with Gasteiger partial charge in [-0.2, -0.15) is 0 Å². The molecule has 5 aromatic rings. The predicted molar refractivity (Wildman–Crippen MR) is 122 cm³/mol. The quantitative estimate of drug-likeness (QED) is 0.364. The fourth-order valence-electron chi connectivity index (χ4n) is 3.51. The normalized spacial score (nSPS) is 11.2. The van der Waals surface area contributed by atoms with Gasteiger partial charge < -0.3 is 9.15 Å². The van der Waals surface area contributed by atoms with E-state index < -0.39 is 0 Å². The van der Waals surface area contributed by atoms with Gasteiger partial charge in [0, 0.05) is 11.6 Å². The number of amides is 1. The van der Waals surface area contributed by atoms with Crippen molar-refractivity contribution in [2.45, 2.75) is 13.5 Å². The molecule has 0 saturated carbocycles. The third-order valence-corrected chi connectivity index (χ3v) is 6.11. The van der Waals surface area contributed by atoms with Crippen LogP contribution in [0.3, 0.4) is 0 Å². The third kappa shape index (κ3) is 3.53. The van der Waals surface area contributed by atoms with Gasteiger partial charge in [0.2, 0.25) is 0 Å². The van der Waals surface area contributed by atoms with Crippen LogP contribution in [0.1, 0.15) is 21.8 Å². The van der Waals surface area contributed by atoms with E-state index in [0.29, 0.717) is 16.5 Å². The number of carbonyl (C=O) groups excluding carboxylic acids is 1. The molecule has 7 heteroatoms. The molecule has 0 aliphatic rings. The minimum atomic E-state index is -0.277. The van der Waals surface area contributed by atoms with Crippen molar-refractivity contribution in [2.75, 3.05) is 12.0 Å². The number of rotatable bonds is 5. The molecule has 3 aromatic heterocycles. The molecule has 154 valence electrons. The number of methoxy groups -OCH3 is 1. The first-order valence-corrected chi connectivity index (χ1v) is 10.6. The van der Waals surface area contributed by atoms with Gasteiger partial charge in [0.05, 0.1) is 29.6 Å².